The van der Waals surface area contributed by atoms with E-state index in [-0.39, 0.29) is 6.04 Å². The van der Waals surface area contributed by atoms with Crippen molar-refractivity contribution >= 4 is 5.57 Å². The van der Waals surface area contributed by atoms with Crippen LogP contribution in [0.3, 0.4) is 0 Å². The van der Waals surface area contributed by atoms with Crippen LogP contribution in [0.1, 0.15) is 18.5 Å². The molecule has 1 heterocycles. The van der Waals surface area contributed by atoms with Crippen LogP contribution in [0.4, 0.5) is 0 Å². The van der Waals surface area contributed by atoms with Crippen molar-refractivity contribution in [3.8, 4) is 0 Å². The van der Waals surface area contributed by atoms with Crippen LogP contribution in [0.2, 0.25) is 0 Å². The molecule has 1 aromatic heterocycles. The SMILES string of the molecule is Cn1nncc1C1=CC(N)CC1. The van der Waals surface area contributed by atoms with Crippen molar-refractivity contribution in [2.45, 2.75) is 18.9 Å². The Morgan fingerprint density at radius 3 is 3.00 bits per heavy atom. The Bertz CT molecular complexity index is 313. The Morgan fingerprint density at radius 1 is 1.67 bits per heavy atom. The van der Waals surface area contributed by atoms with Crippen LogP contribution in [-0.2, 0) is 7.05 Å². The maximum Gasteiger partial charge on any atom is 0.0839 e. The van der Waals surface area contributed by atoms with E-state index in [0.717, 1.165) is 18.5 Å². The van der Waals surface area contributed by atoms with Gasteiger partial charge in [0.1, 0.15) is 0 Å². The lowest BCUT2D eigenvalue weighted by Gasteiger charge is -1.98. The van der Waals surface area contributed by atoms with Crippen molar-refractivity contribution in [2.75, 3.05) is 0 Å². The second-order valence-electron chi connectivity index (χ2n) is 3.14. The Balaban J connectivity index is 2.32. The van der Waals surface area contributed by atoms with Crippen molar-refractivity contribution in [1.29, 1.82) is 0 Å². The van der Waals surface area contributed by atoms with Crippen LogP contribution in [0.25, 0.3) is 5.57 Å². The van der Waals surface area contributed by atoms with Gasteiger partial charge in [-0.15, -0.1) is 5.10 Å². The zero-order valence-corrected chi connectivity index (χ0v) is 7.07. The van der Waals surface area contributed by atoms with Crippen LogP contribution in [0.5, 0.6) is 0 Å². The first kappa shape index (κ1) is 7.49. The molecule has 0 bridgehead atoms. The molecule has 1 aliphatic carbocycles. The molecule has 0 saturated carbocycles. The number of rotatable bonds is 1. The maximum absolute atomic E-state index is 5.75. The largest absolute Gasteiger partial charge is 0.324 e. The van der Waals surface area contributed by atoms with Gasteiger partial charge in [0, 0.05) is 13.1 Å². The summed E-state index contributed by atoms with van der Waals surface area (Å²) in [6.45, 7) is 0. The van der Waals surface area contributed by atoms with Gasteiger partial charge in [-0.25, -0.2) is 4.68 Å². The van der Waals surface area contributed by atoms with E-state index in [0.29, 0.717) is 0 Å². The third kappa shape index (κ3) is 1.14. The van der Waals surface area contributed by atoms with E-state index in [2.05, 4.69) is 16.4 Å². The molecule has 12 heavy (non-hydrogen) atoms. The van der Waals surface area contributed by atoms with E-state index in [9.17, 15) is 0 Å². The third-order valence-corrected chi connectivity index (χ3v) is 2.21. The fraction of sp³-hybridized carbons (Fsp3) is 0.500. The van der Waals surface area contributed by atoms with Crippen molar-refractivity contribution in [3.63, 3.8) is 0 Å². The summed E-state index contributed by atoms with van der Waals surface area (Å²) >= 11 is 0. The first-order chi connectivity index (χ1) is 5.77. The number of hydrogen-bond acceptors (Lipinski definition) is 3. The number of allylic oxidation sites excluding steroid dienone is 1. The molecule has 64 valence electrons. The zero-order chi connectivity index (χ0) is 8.55. The van der Waals surface area contributed by atoms with E-state index in [1.54, 1.807) is 10.9 Å². The second-order valence-corrected chi connectivity index (χ2v) is 3.14. The van der Waals surface area contributed by atoms with Gasteiger partial charge in [0.2, 0.25) is 0 Å². The number of aryl methyl sites for hydroxylation is 1. The molecule has 0 radical (unpaired) electrons. The van der Waals surface area contributed by atoms with Gasteiger partial charge >= 0.3 is 0 Å². The molecule has 1 aliphatic rings. The number of hydrogen-bond donors (Lipinski definition) is 1. The molecule has 0 amide bonds. The molecule has 0 spiro atoms. The lowest BCUT2D eigenvalue weighted by atomic mass is 10.2. The fourth-order valence-electron chi connectivity index (χ4n) is 1.54. The highest BCUT2D eigenvalue weighted by molar-refractivity contribution is 5.64. The van der Waals surface area contributed by atoms with Gasteiger partial charge in [-0.3, -0.25) is 0 Å². The van der Waals surface area contributed by atoms with E-state index in [1.807, 2.05) is 7.05 Å². The van der Waals surface area contributed by atoms with E-state index >= 15 is 0 Å². The molecule has 1 aromatic rings. The van der Waals surface area contributed by atoms with Gasteiger partial charge in [-0.1, -0.05) is 11.3 Å². The minimum absolute atomic E-state index is 0.217. The van der Waals surface area contributed by atoms with Crippen molar-refractivity contribution < 1.29 is 0 Å². The standard InChI is InChI=1S/C8H12N4/c1-12-8(5-10-11-12)6-2-3-7(9)4-6/h4-5,7H,2-3,9H2,1H3. The van der Waals surface area contributed by atoms with Gasteiger partial charge in [-0.05, 0) is 18.4 Å². The highest BCUT2D eigenvalue weighted by atomic mass is 15.4. The van der Waals surface area contributed by atoms with Crippen LogP contribution >= 0.6 is 0 Å². The van der Waals surface area contributed by atoms with E-state index < -0.39 is 0 Å². The molecule has 2 N–H and O–H groups in total. The predicted octanol–water partition coefficient (Wildman–Crippen LogP) is 0.320. The minimum Gasteiger partial charge on any atom is -0.324 e. The Kier molecular flexibility index (Phi) is 1.69. The van der Waals surface area contributed by atoms with Crippen LogP contribution < -0.4 is 5.73 Å². The first-order valence-corrected chi connectivity index (χ1v) is 4.08. The Morgan fingerprint density at radius 2 is 2.50 bits per heavy atom. The first-order valence-electron chi connectivity index (χ1n) is 4.08. The minimum atomic E-state index is 0.217. The quantitative estimate of drug-likeness (QED) is 0.650. The maximum atomic E-state index is 5.75. The molecule has 1 atom stereocenters. The molecule has 0 fully saturated rings. The highest BCUT2D eigenvalue weighted by Crippen LogP contribution is 2.25. The lowest BCUT2D eigenvalue weighted by Crippen LogP contribution is -2.11. The van der Waals surface area contributed by atoms with Crippen molar-refractivity contribution in [3.05, 3.63) is 18.0 Å². The second kappa shape index (κ2) is 2.71. The lowest BCUT2D eigenvalue weighted by molar-refractivity contribution is 0.704. The number of nitrogens with zero attached hydrogens (tertiary/aromatic N) is 3. The monoisotopic (exact) mass is 164 g/mol. The summed E-state index contributed by atoms with van der Waals surface area (Å²) in [5.74, 6) is 0. The molecule has 2 rings (SSSR count). The van der Waals surface area contributed by atoms with Crippen molar-refractivity contribution in [1.82, 2.24) is 15.0 Å². The molecular formula is C8H12N4. The van der Waals surface area contributed by atoms with Crippen LogP contribution in [0, 0.1) is 0 Å². The molecule has 4 heteroatoms. The predicted molar refractivity (Wildman–Crippen MR) is 46.2 cm³/mol. The molecule has 0 saturated heterocycles. The smallest absolute Gasteiger partial charge is 0.0839 e. The molecule has 0 aromatic carbocycles. The summed E-state index contributed by atoms with van der Waals surface area (Å²) in [5.41, 5.74) is 8.11. The molecular weight excluding hydrogens is 152 g/mol. The van der Waals surface area contributed by atoms with E-state index in [1.165, 1.54) is 5.57 Å². The third-order valence-electron chi connectivity index (χ3n) is 2.21. The summed E-state index contributed by atoms with van der Waals surface area (Å²) in [6.07, 6.45) is 5.96. The summed E-state index contributed by atoms with van der Waals surface area (Å²) in [4.78, 5) is 0. The van der Waals surface area contributed by atoms with Gasteiger partial charge in [0.25, 0.3) is 0 Å². The average molecular weight is 164 g/mol. The summed E-state index contributed by atoms with van der Waals surface area (Å²) < 4.78 is 1.78. The Hall–Kier alpha value is -1.16. The van der Waals surface area contributed by atoms with Crippen LogP contribution in [0.15, 0.2) is 12.3 Å². The Labute approximate surface area is 71.1 Å². The highest BCUT2D eigenvalue weighted by Gasteiger charge is 2.15. The average Bonchev–Trinajstić information content (AvgIpc) is 2.58. The molecule has 4 nitrogen and oxygen atoms in total. The molecule has 1 unspecified atom stereocenters. The molecule has 0 aliphatic heterocycles. The van der Waals surface area contributed by atoms with Gasteiger partial charge in [0.05, 0.1) is 11.9 Å². The number of aromatic nitrogens is 3. The summed E-state index contributed by atoms with van der Waals surface area (Å²) in [6, 6.07) is 0.217. The van der Waals surface area contributed by atoms with Gasteiger partial charge < -0.3 is 5.73 Å². The fourth-order valence-corrected chi connectivity index (χ4v) is 1.54. The van der Waals surface area contributed by atoms with Gasteiger partial charge in [-0.2, -0.15) is 0 Å². The summed E-state index contributed by atoms with van der Waals surface area (Å²) in [5, 5.41) is 7.69. The normalized spacial score (nSPS) is 22.8. The summed E-state index contributed by atoms with van der Waals surface area (Å²) in [7, 11) is 1.90. The topological polar surface area (TPSA) is 56.7 Å². The van der Waals surface area contributed by atoms with E-state index in [4.69, 9.17) is 5.73 Å². The zero-order valence-electron chi connectivity index (χ0n) is 7.07. The van der Waals surface area contributed by atoms with Crippen molar-refractivity contribution in [2.24, 2.45) is 12.8 Å². The van der Waals surface area contributed by atoms with Gasteiger partial charge in [0.15, 0.2) is 0 Å². The number of nitrogens with two attached hydrogens (primary N) is 1. The van der Waals surface area contributed by atoms with Crippen LogP contribution in [-0.4, -0.2) is 21.0 Å².